The number of nitrogens with one attached hydrogen (secondary N) is 1. The van der Waals surface area contributed by atoms with E-state index in [1.807, 2.05) is 41.8 Å². The molecule has 0 atom stereocenters. The van der Waals surface area contributed by atoms with Crippen LogP contribution >= 0.6 is 28.1 Å². The fraction of sp³-hybridized carbons (Fsp3) is 0.188. The SMILES string of the molecule is CCOc1cccc2c1[nH]c(=S)n2-c1ccc(Br)c(C)c1. The highest BCUT2D eigenvalue weighted by molar-refractivity contribution is 9.10. The summed E-state index contributed by atoms with van der Waals surface area (Å²) < 4.78 is 9.46. The van der Waals surface area contributed by atoms with E-state index in [1.54, 1.807) is 0 Å². The molecule has 1 aromatic heterocycles. The van der Waals surface area contributed by atoms with Crippen LogP contribution in [0.25, 0.3) is 16.7 Å². The lowest BCUT2D eigenvalue weighted by molar-refractivity contribution is 0.343. The van der Waals surface area contributed by atoms with Crippen molar-refractivity contribution in [2.24, 2.45) is 0 Å². The van der Waals surface area contributed by atoms with Gasteiger partial charge < -0.3 is 9.72 Å². The Bertz CT molecular complexity index is 866. The number of para-hydroxylation sites is 1. The maximum absolute atomic E-state index is 5.67. The van der Waals surface area contributed by atoms with Gasteiger partial charge in [0.15, 0.2) is 4.77 Å². The van der Waals surface area contributed by atoms with Gasteiger partial charge in [-0.25, -0.2) is 0 Å². The molecule has 21 heavy (non-hydrogen) atoms. The van der Waals surface area contributed by atoms with Crippen LogP contribution in [-0.4, -0.2) is 16.2 Å². The van der Waals surface area contributed by atoms with Gasteiger partial charge in [0, 0.05) is 10.2 Å². The van der Waals surface area contributed by atoms with Crippen molar-refractivity contribution in [3.8, 4) is 11.4 Å². The third-order valence-electron chi connectivity index (χ3n) is 3.38. The number of halogens is 1. The maximum Gasteiger partial charge on any atom is 0.182 e. The Kier molecular flexibility index (Phi) is 3.87. The first-order valence-electron chi connectivity index (χ1n) is 6.75. The Balaban J connectivity index is 2.27. The van der Waals surface area contributed by atoms with Crippen LogP contribution in [0.2, 0.25) is 0 Å². The number of fused-ring (bicyclic) bond motifs is 1. The van der Waals surface area contributed by atoms with Gasteiger partial charge in [-0.05, 0) is 62.0 Å². The van der Waals surface area contributed by atoms with E-state index in [1.165, 1.54) is 5.56 Å². The van der Waals surface area contributed by atoms with Crippen molar-refractivity contribution < 1.29 is 4.74 Å². The molecule has 0 amide bonds. The van der Waals surface area contributed by atoms with Crippen molar-refractivity contribution in [2.45, 2.75) is 13.8 Å². The van der Waals surface area contributed by atoms with E-state index in [9.17, 15) is 0 Å². The molecule has 0 unspecified atom stereocenters. The third-order valence-corrected chi connectivity index (χ3v) is 4.55. The minimum Gasteiger partial charge on any atom is -0.492 e. The Labute approximate surface area is 136 Å². The van der Waals surface area contributed by atoms with Gasteiger partial charge in [0.1, 0.15) is 11.3 Å². The number of benzene rings is 2. The highest BCUT2D eigenvalue weighted by Crippen LogP contribution is 2.28. The molecule has 1 heterocycles. The first kappa shape index (κ1) is 14.4. The summed E-state index contributed by atoms with van der Waals surface area (Å²) in [5, 5.41) is 0. The maximum atomic E-state index is 5.67. The van der Waals surface area contributed by atoms with E-state index in [0.29, 0.717) is 11.4 Å². The molecular formula is C16H15BrN2OS. The van der Waals surface area contributed by atoms with Gasteiger partial charge in [-0.3, -0.25) is 4.57 Å². The monoisotopic (exact) mass is 362 g/mol. The standard InChI is InChI=1S/C16H15BrN2OS/c1-3-20-14-6-4-5-13-15(14)18-16(21)19(13)11-7-8-12(17)10(2)9-11/h4-9H,3H2,1-2H3,(H,18,21). The first-order chi connectivity index (χ1) is 10.1. The Morgan fingerprint density at radius 2 is 2.10 bits per heavy atom. The predicted octanol–water partition coefficient (Wildman–Crippen LogP) is 5.16. The van der Waals surface area contributed by atoms with Crippen molar-refractivity contribution in [3.63, 3.8) is 0 Å². The molecule has 3 rings (SSSR count). The molecule has 5 heteroatoms. The van der Waals surface area contributed by atoms with Gasteiger partial charge in [-0.15, -0.1) is 0 Å². The molecule has 3 aromatic rings. The molecule has 108 valence electrons. The predicted molar refractivity (Wildman–Crippen MR) is 92.1 cm³/mol. The zero-order chi connectivity index (χ0) is 15.0. The van der Waals surface area contributed by atoms with E-state index in [2.05, 4.69) is 33.9 Å². The minimum absolute atomic E-state index is 0.627. The van der Waals surface area contributed by atoms with Crippen LogP contribution in [0.5, 0.6) is 5.75 Å². The number of hydrogen-bond donors (Lipinski definition) is 1. The Morgan fingerprint density at radius 3 is 2.81 bits per heavy atom. The summed E-state index contributed by atoms with van der Waals surface area (Å²) in [5.41, 5.74) is 4.17. The molecule has 0 saturated carbocycles. The topological polar surface area (TPSA) is 29.9 Å². The van der Waals surface area contributed by atoms with Gasteiger partial charge >= 0.3 is 0 Å². The first-order valence-corrected chi connectivity index (χ1v) is 7.95. The van der Waals surface area contributed by atoms with Gasteiger partial charge in [0.2, 0.25) is 0 Å². The highest BCUT2D eigenvalue weighted by Gasteiger charge is 2.11. The van der Waals surface area contributed by atoms with Crippen LogP contribution in [0, 0.1) is 11.7 Å². The summed E-state index contributed by atoms with van der Waals surface area (Å²) in [7, 11) is 0. The highest BCUT2D eigenvalue weighted by atomic mass is 79.9. The van der Waals surface area contributed by atoms with Crippen LogP contribution in [-0.2, 0) is 0 Å². The number of imidazole rings is 1. The zero-order valence-corrected chi connectivity index (χ0v) is 14.2. The Morgan fingerprint density at radius 1 is 1.29 bits per heavy atom. The van der Waals surface area contributed by atoms with Gasteiger partial charge in [-0.2, -0.15) is 0 Å². The molecule has 0 fully saturated rings. The molecule has 0 spiro atoms. The van der Waals surface area contributed by atoms with E-state index in [-0.39, 0.29) is 0 Å². The normalized spacial score (nSPS) is 11.0. The zero-order valence-electron chi connectivity index (χ0n) is 11.8. The third kappa shape index (κ3) is 2.51. The van der Waals surface area contributed by atoms with Crippen molar-refractivity contribution in [2.75, 3.05) is 6.61 Å². The van der Waals surface area contributed by atoms with Crippen molar-refractivity contribution in [3.05, 3.63) is 51.2 Å². The largest absolute Gasteiger partial charge is 0.492 e. The fourth-order valence-corrected chi connectivity index (χ4v) is 2.96. The average molecular weight is 363 g/mol. The fourth-order valence-electron chi connectivity index (χ4n) is 2.40. The molecule has 0 aliphatic heterocycles. The van der Waals surface area contributed by atoms with Gasteiger partial charge in [-0.1, -0.05) is 22.0 Å². The number of H-pyrrole nitrogens is 1. The van der Waals surface area contributed by atoms with Crippen LogP contribution in [0.1, 0.15) is 12.5 Å². The average Bonchev–Trinajstić information content (AvgIpc) is 2.80. The quantitative estimate of drug-likeness (QED) is 0.652. The molecule has 0 saturated heterocycles. The van der Waals surface area contributed by atoms with Crippen LogP contribution < -0.4 is 4.74 Å². The number of ether oxygens (including phenoxy) is 1. The molecule has 0 aliphatic carbocycles. The van der Waals surface area contributed by atoms with E-state index >= 15 is 0 Å². The summed E-state index contributed by atoms with van der Waals surface area (Å²) in [6.07, 6.45) is 0. The smallest absolute Gasteiger partial charge is 0.182 e. The molecular weight excluding hydrogens is 348 g/mol. The van der Waals surface area contributed by atoms with Crippen molar-refractivity contribution in [1.29, 1.82) is 0 Å². The second-order valence-electron chi connectivity index (χ2n) is 4.78. The van der Waals surface area contributed by atoms with Crippen LogP contribution in [0.4, 0.5) is 0 Å². The summed E-state index contributed by atoms with van der Waals surface area (Å²) in [6.45, 7) is 4.67. The minimum atomic E-state index is 0.627. The lowest BCUT2D eigenvalue weighted by Crippen LogP contribution is -1.95. The van der Waals surface area contributed by atoms with Crippen LogP contribution in [0.3, 0.4) is 0 Å². The lowest BCUT2D eigenvalue weighted by atomic mass is 10.2. The van der Waals surface area contributed by atoms with E-state index in [4.69, 9.17) is 17.0 Å². The van der Waals surface area contributed by atoms with Crippen molar-refractivity contribution >= 4 is 39.2 Å². The van der Waals surface area contributed by atoms with E-state index in [0.717, 1.165) is 26.9 Å². The van der Waals surface area contributed by atoms with Gasteiger partial charge in [0.25, 0.3) is 0 Å². The second-order valence-corrected chi connectivity index (χ2v) is 6.02. The summed E-state index contributed by atoms with van der Waals surface area (Å²) in [5.74, 6) is 0.827. The summed E-state index contributed by atoms with van der Waals surface area (Å²) in [6, 6.07) is 12.2. The number of nitrogens with zero attached hydrogens (tertiary/aromatic N) is 1. The van der Waals surface area contributed by atoms with Crippen molar-refractivity contribution in [1.82, 2.24) is 9.55 Å². The number of aromatic nitrogens is 2. The van der Waals surface area contributed by atoms with Gasteiger partial charge in [0.05, 0.1) is 12.1 Å². The number of aromatic amines is 1. The second kappa shape index (κ2) is 5.66. The summed E-state index contributed by atoms with van der Waals surface area (Å²) >= 11 is 9.02. The molecule has 1 N–H and O–H groups in total. The number of rotatable bonds is 3. The van der Waals surface area contributed by atoms with E-state index < -0.39 is 0 Å². The Hall–Kier alpha value is -1.59. The molecule has 0 radical (unpaired) electrons. The summed E-state index contributed by atoms with van der Waals surface area (Å²) in [4.78, 5) is 3.25. The molecule has 2 aromatic carbocycles. The molecule has 0 bridgehead atoms. The number of hydrogen-bond acceptors (Lipinski definition) is 2. The lowest BCUT2D eigenvalue weighted by Gasteiger charge is -2.08. The van der Waals surface area contributed by atoms with Crippen LogP contribution in [0.15, 0.2) is 40.9 Å². The molecule has 0 aliphatic rings. The molecule has 3 nitrogen and oxygen atoms in total. The number of aryl methyl sites for hydroxylation is 1.